The molecule has 0 aromatic heterocycles. The molecule has 1 aromatic carbocycles. The van der Waals surface area contributed by atoms with Gasteiger partial charge in [-0.15, -0.1) is 0 Å². The van der Waals surface area contributed by atoms with Crippen molar-refractivity contribution in [2.24, 2.45) is 0 Å². The molecule has 0 amide bonds. The minimum atomic E-state index is 0.451. The van der Waals surface area contributed by atoms with Crippen molar-refractivity contribution in [3.63, 3.8) is 0 Å². The van der Waals surface area contributed by atoms with Crippen LogP contribution in [-0.4, -0.2) is 11.6 Å². The third-order valence-electron chi connectivity index (χ3n) is 2.44. The van der Waals surface area contributed by atoms with E-state index >= 15 is 0 Å². The standard InChI is InChI=1S/C11H14N2/c1-10(13-8-7-12-9-13)11-5-3-2-4-6-11/h2-8,10,12H,9H2,1H3. The van der Waals surface area contributed by atoms with Gasteiger partial charge in [-0.05, 0) is 12.5 Å². The molecule has 2 heteroatoms. The van der Waals surface area contributed by atoms with Gasteiger partial charge in [-0.1, -0.05) is 30.3 Å². The molecule has 1 aromatic rings. The van der Waals surface area contributed by atoms with Gasteiger partial charge in [0.15, 0.2) is 0 Å². The van der Waals surface area contributed by atoms with Gasteiger partial charge in [0.2, 0.25) is 0 Å². The van der Waals surface area contributed by atoms with Crippen molar-refractivity contribution in [2.45, 2.75) is 13.0 Å². The normalized spacial score (nSPS) is 17.2. The zero-order valence-electron chi connectivity index (χ0n) is 7.77. The molecule has 1 atom stereocenters. The van der Waals surface area contributed by atoms with E-state index in [1.807, 2.05) is 12.3 Å². The number of benzene rings is 1. The van der Waals surface area contributed by atoms with Gasteiger partial charge in [-0.2, -0.15) is 0 Å². The molecule has 0 aliphatic carbocycles. The lowest BCUT2D eigenvalue weighted by molar-refractivity contribution is 0.311. The Hall–Kier alpha value is -1.44. The first-order valence-electron chi connectivity index (χ1n) is 4.58. The summed E-state index contributed by atoms with van der Waals surface area (Å²) in [5.41, 5.74) is 1.36. The predicted octanol–water partition coefficient (Wildman–Crippen LogP) is 2.08. The first kappa shape index (κ1) is 8.17. The number of nitrogens with one attached hydrogen (secondary N) is 1. The minimum absolute atomic E-state index is 0.451. The summed E-state index contributed by atoms with van der Waals surface area (Å²) in [7, 11) is 0. The van der Waals surface area contributed by atoms with E-state index in [1.165, 1.54) is 5.56 Å². The lowest BCUT2D eigenvalue weighted by atomic mass is 10.1. The van der Waals surface area contributed by atoms with Crippen molar-refractivity contribution in [3.05, 3.63) is 48.3 Å². The Morgan fingerprint density at radius 3 is 2.69 bits per heavy atom. The Labute approximate surface area is 78.9 Å². The number of hydrogen-bond donors (Lipinski definition) is 1. The van der Waals surface area contributed by atoms with Crippen LogP contribution in [0.4, 0.5) is 0 Å². The molecule has 1 aliphatic heterocycles. The highest BCUT2D eigenvalue weighted by molar-refractivity contribution is 5.19. The Kier molecular flexibility index (Phi) is 2.21. The van der Waals surface area contributed by atoms with Crippen molar-refractivity contribution >= 4 is 0 Å². The van der Waals surface area contributed by atoms with E-state index in [4.69, 9.17) is 0 Å². The summed E-state index contributed by atoms with van der Waals surface area (Å²) in [5.74, 6) is 0. The lowest BCUT2D eigenvalue weighted by Gasteiger charge is -2.23. The van der Waals surface area contributed by atoms with Crippen molar-refractivity contribution in [1.29, 1.82) is 0 Å². The zero-order chi connectivity index (χ0) is 9.10. The fourth-order valence-electron chi connectivity index (χ4n) is 1.55. The maximum atomic E-state index is 3.17. The van der Waals surface area contributed by atoms with E-state index in [0.717, 1.165) is 6.67 Å². The quantitative estimate of drug-likeness (QED) is 0.738. The van der Waals surface area contributed by atoms with Crippen LogP contribution in [0.15, 0.2) is 42.7 Å². The van der Waals surface area contributed by atoms with Gasteiger partial charge in [0.25, 0.3) is 0 Å². The SMILES string of the molecule is CC(c1ccccc1)N1C=CNC1. The molecular weight excluding hydrogens is 160 g/mol. The topological polar surface area (TPSA) is 15.3 Å². The molecule has 1 N–H and O–H groups in total. The second kappa shape index (κ2) is 3.52. The average Bonchev–Trinajstić information content (AvgIpc) is 2.71. The molecule has 2 rings (SSSR count). The maximum Gasteiger partial charge on any atom is 0.0873 e. The van der Waals surface area contributed by atoms with Gasteiger partial charge >= 0.3 is 0 Å². The first-order valence-corrected chi connectivity index (χ1v) is 4.58. The van der Waals surface area contributed by atoms with E-state index in [2.05, 4.69) is 47.6 Å². The molecule has 0 spiro atoms. The molecule has 0 radical (unpaired) electrons. The average molecular weight is 174 g/mol. The Balaban J connectivity index is 2.13. The van der Waals surface area contributed by atoms with E-state index < -0.39 is 0 Å². The summed E-state index contributed by atoms with van der Waals surface area (Å²) in [6.45, 7) is 3.13. The van der Waals surface area contributed by atoms with E-state index in [0.29, 0.717) is 6.04 Å². The molecule has 0 saturated carbocycles. The third kappa shape index (κ3) is 1.66. The smallest absolute Gasteiger partial charge is 0.0873 e. The second-order valence-electron chi connectivity index (χ2n) is 3.28. The Morgan fingerprint density at radius 2 is 2.08 bits per heavy atom. The van der Waals surface area contributed by atoms with Crippen molar-refractivity contribution in [2.75, 3.05) is 6.67 Å². The third-order valence-corrected chi connectivity index (χ3v) is 2.44. The molecule has 0 fully saturated rings. The van der Waals surface area contributed by atoms with Gasteiger partial charge in [-0.25, -0.2) is 0 Å². The first-order chi connectivity index (χ1) is 6.38. The van der Waals surface area contributed by atoms with Crippen LogP contribution in [0.5, 0.6) is 0 Å². The maximum absolute atomic E-state index is 3.17. The van der Waals surface area contributed by atoms with Crippen LogP contribution in [0.3, 0.4) is 0 Å². The van der Waals surface area contributed by atoms with Crippen LogP contribution < -0.4 is 5.32 Å². The fraction of sp³-hybridized carbons (Fsp3) is 0.273. The summed E-state index contributed by atoms with van der Waals surface area (Å²) in [5, 5.41) is 3.17. The molecule has 0 saturated heterocycles. The van der Waals surface area contributed by atoms with Gasteiger partial charge < -0.3 is 10.2 Å². The van der Waals surface area contributed by atoms with Crippen LogP contribution in [0.2, 0.25) is 0 Å². The zero-order valence-corrected chi connectivity index (χ0v) is 7.77. The highest BCUT2D eigenvalue weighted by atomic mass is 15.3. The number of rotatable bonds is 2. The molecule has 1 unspecified atom stereocenters. The molecule has 1 aliphatic rings. The van der Waals surface area contributed by atoms with Crippen LogP contribution in [0.25, 0.3) is 0 Å². The van der Waals surface area contributed by atoms with E-state index in [9.17, 15) is 0 Å². The highest BCUT2D eigenvalue weighted by Crippen LogP contribution is 2.20. The van der Waals surface area contributed by atoms with Crippen LogP contribution in [0.1, 0.15) is 18.5 Å². The van der Waals surface area contributed by atoms with Crippen molar-refractivity contribution < 1.29 is 0 Å². The lowest BCUT2D eigenvalue weighted by Crippen LogP contribution is -2.23. The van der Waals surface area contributed by atoms with Crippen LogP contribution in [-0.2, 0) is 0 Å². The summed E-state index contributed by atoms with van der Waals surface area (Å²) < 4.78 is 0. The van der Waals surface area contributed by atoms with Crippen molar-refractivity contribution in [3.8, 4) is 0 Å². The summed E-state index contributed by atoms with van der Waals surface area (Å²) >= 11 is 0. The minimum Gasteiger partial charge on any atom is -0.373 e. The molecule has 68 valence electrons. The van der Waals surface area contributed by atoms with E-state index in [-0.39, 0.29) is 0 Å². The molecule has 13 heavy (non-hydrogen) atoms. The Morgan fingerprint density at radius 1 is 1.31 bits per heavy atom. The monoisotopic (exact) mass is 174 g/mol. The summed E-state index contributed by atoms with van der Waals surface area (Å²) in [6, 6.07) is 11.0. The fourth-order valence-corrected chi connectivity index (χ4v) is 1.55. The van der Waals surface area contributed by atoms with Crippen LogP contribution in [0, 0.1) is 0 Å². The Bertz CT molecular complexity index is 292. The number of hydrogen-bond acceptors (Lipinski definition) is 2. The number of nitrogens with zero attached hydrogens (tertiary/aromatic N) is 1. The van der Waals surface area contributed by atoms with Gasteiger partial charge in [0.1, 0.15) is 0 Å². The summed E-state index contributed by atoms with van der Waals surface area (Å²) in [4.78, 5) is 2.27. The van der Waals surface area contributed by atoms with Crippen LogP contribution >= 0.6 is 0 Å². The summed E-state index contributed by atoms with van der Waals surface area (Å²) in [6.07, 6.45) is 4.08. The molecule has 2 nitrogen and oxygen atoms in total. The highest BCUT2D eigenvalue weighted by Gasteiger charge is 2.13. The largest absolute Gasteiger partial charge is 0.373 e. The van der Waals surface area contributed by atoms with Gasteiger partial charge in [-0.3, -0.25) is 0 Å². The molecular formula is C11H14N2. The predicted molar refractivity (Wildman–Crippen MR) is 53.8 cm³/mol. The van der Waals surface area contributed by atoms with Gasteiger partial charge in [0, 0.05) is 12.4 Å². The van der Waals surface area contributed by atoms with Crippen molar-refractivity contribution in [1.82, 2.24) is 10.2 Å². The van der Waals surface area contributed by atoms with Gasteiger partial charge in [0.05, 0.1) is 12.7 Å². The van der Waals surface area contributed by atoms with E-state index in [1.54, 1.807) is 0 Å². The molecule has 0 bridgehead atoms. The second-order valence-corrected chi connectivity index (χ2v) is 3.28. The molecule has 1 heterocycles.